The summed E-state index contributed by atoms with van der Waals surface area (Å²) < 4.78 is 23.3. The molecule has 1 amide bonds. The quantitative estimate of drug-likeness (QED) is 0.719. The molecule has 0 aliphatic rings. The monoisotopic (exact) mass is 297 g/mol. The molecular weight excluding hydrogens is 277 g/mol. The number of rotatable bonds is 7. The summed E-state index contributed by atoms with van der Waals surface area (Å²) in [7, 11) is 2.80. The Morgan fingerprint density at radius 1 is 1.29 bits per heavy atom. The normalized spacial score (nSPS) is 11.8. The Hall–Kier alpha value is -1.95. The Bertz CT molecular complexity index is 492. The molecule has 0 N–H and O–H groups in total. The van der Waals surface area contributed by atoms with Crippen LogP contribution in [0.5, 0.6) is 0 Å². The largest absolute Gasteiger partial charge is 0.469 e. The standard InChI is InChI=1S/C15H20FNO4/c1-11(15(19)21-3)10-17(8-9-20-2)14(18)12-6-4-5-7-13(12)16/h4-7,11H,8-10H2,1-3H3. The van der Waals surface area contributed by atoms with Crippen molar-refractivity contribution in [1.82, 2.24) is 4.90 Å². The van der Waals surface area contributed by atoms with E-state index < -0.39 is 23.6 Å². The van der Waals surface area contributed by atoms with E-state index >= 15 is 0 Å². The van der Waals surface area contributed by atoms with Gasteiger partial charge in [0.2, 0.25) is 0 Å². The van der Waals surface area contributed by atoms with E-state index in [0.29, 0.717) is 6.61 Å². The van der Waals surface area contributed by atoms with Gasteiger partial charge in [-0.1, -0.05) is 19.1 Å². The highest BCUT2D eigenvalue weighted by atomic mass is 19.1. The van der Waals surface area contributed by atoms with Crippen molar-refractivity contribution >= 4 is 11.9 Å². The van der Waals surface area contributed by atoms with Crippen molar-refractivity contribution in [2.75, 3.05) is 33.9 Å². The number of carbonyl (C=O) groups is 2. The summed E-state index contributed by atoms with van der Waals surface area (Å²) in [6, 6.07) is 5.75. The molecule has 0 bridgehead atoms. The molecule has 6 heteroatoms. The maximum Gasteiger partial charge on any atom is 0.310 e. The van der Waals surface area contributed by atoms with Gasteiger partial charge in [-0.25, -0.2) is 4.39 Å². The summed E-state index contributed by atoms with van der Waals surface area (Å²) in [5, 5.41) is 0. The van der Waals surface area contributed by atoms with Gasteiger partial charge < -0.3 is 14.4 Å². The number of methoxy groups -OCH3 is 2. The van der Waals surface area contributed by atoms with Crippen LogP contribution in [-0.4, -0.2) is 50.7 Å². The molecule has 0 saturated carbocycles. The van der Waals surface area contributed by atoms with Crippen molar-refractivity contribution in [2.45, 2.75) is 6.92 Å². The zero-order chi connectivity index (χ0) is 15.8. The lowest BCUT2D eigenvalue weighted by molar-refractivity contribution is -0.145. The SMILES string of the molecule is COCCN(CC(C)C(=O)OC)C(=O)c1ccccc1F. The van der Waals surface area contributed by atoms with Crippen molar-refractivity contribution in [1.29, 1.82) is 0 Å². The molecule has 0 aliphatic carbocycles. The number of ether oxygens (including phenoxy) is 2. The van der Waals surface area contributed by atoms with Crippen molar-refractivity contribution in [3.05, 3.63) is 35.6 Å². The molecule has 5 nitrogen and oxygen atoms in total. The molecular formula is C15H20FNO4. The van der Waals surface area contributed by atoms with Crippen LogP contribution in [0.15, 0.2) is 24.3 Å². The summed E-state index contributed by atoms with van der Waals surface area (Å²) in [4.78, 5) is 25.3. The maximum atomic E-state index is 13.7. The molecule has 0 aliphatic heterocycles. The van der Waals surface area contributed by atoms with Crippen molar-refractivity contribution < 1.29 is 23.5 Å². The fourth-order valence-electron chi connectivity index (χ4n) is 1.89. The number of carbonyl (C=O) groups excluding carboxylic acids is 2. The lowest BCUT2D eigenvalue weighted by Gasteiger charge is -2.25. The highest BCUT2D eigenvalue weighted by Crippen LogP contribution is 2.12. The van der Waals surface area contributed by atoms with Gasteiger partial charge in [0.15, 0.2) is 0 Å². The highest BCUT2D eigenvalue weighted by Gasteiger charge is 2.23. The molecule has 0 spiro atoms. The summed E-state index contributed by atoms with van der Waals surface area (Å²) in [5.41, 5.74) is -0.0225. The van der Waals surface area contributed by atoms with Gasteiger partial charge >= 0.3 is 5.97 Å². The minimum atomic E-state index is -0.587. The van der Waals surface area contributed by atoms with Gasteiger partial charge in [0, 0.05) is 20.2 Å². The zero-order valence-electron chi connectivity index (χ0n) is 12.5. The molecule has 1 atom stereocenters. The van der Waals surface area contributed by atoms with Gasteiger partial charge in [-0.2, -0.15) is 0 Å². The number of benzene rings is 1. The molecule has 0 heterocycles. The fourth-order valence-corrected chi connectivity index (χ4v) is 1.89. The van der Waals surface area contributed by atoms with Gasteiger partial charge in [-0.05, 0) is 12.1 Å². The first-order chi connectivity index (χ1) is 10.0. The Labute approximate surface area is 123 Å². The second-order valence-corrected chi connectivity index (χ2v) is 4.65. The molecule has 0 aromatic heterocycles. The van der Waals surface area contributed by atoms with E-state index in [1.807, 2.05) is 0 Å². The fraction of sp³-hybridized carbons (Fsp3) is 0.467. The lowest BCUT2D eigenvalue weighted by atomic mass is 10.1. The predicted molar refractivity (Wildman–Crippen MR) is 75.4 cm³/mol. The molecule has 0 saturated heterocycles. The Morgan fingerprint density at radius 2 is 1.95 bits per heavy atom. The first kappa shape index (κ1) is 17.1. The van der Waals surface area contributed by atoms with E-state index in [2.05, 4.69) is 4.74 Å². The van der Waals surface area contributed by atoms with Gasteiger partial charge in [0.05, 0.1) is 25.2 Å². The topological polar surface area (TPSA) is 55.8 Å². The Balaban J connectivity index is 2.89. The number of esters is 1. The lowest BCUT2D eigenvalue weighted by Crippen LogP contribution is -2.39. The second-order valence-electron chi connectivity index (χ2n) is 4.65. The van der Waals surface area contributed by atoms with Gasteiger partial charge in [0.25, 0.3) is 5.91 Å². The molecule has 1 aromatic carbocycles. The average molecular weight is 297 g/mol. The van der Waals surface area contributed by atoms with Crippen molar-refractivity contribution in [3.8, 4) is 0 Å². The van der Waals surface area contributed by atoms with Crippen molar-refractivity contribution in [3.63, 3.8) is 0 Å². The second kappa shape index (κ2) is 8.36. The molecule has 21 heavy (non-hydrogen) atoms. The van der Waals surface area contributed by atoms with E-state index in [-0.39, 0.29) is 18.7 Å². The van der Waals surface area contributed by atoms with Gasteiger partial charge in [0.1, 0.15) is 5.82 Å². The minimum Gasteiger partial charge on any atom is -0.469 e. The van der Waals surface area contributed by atoms with E-state index in [1.165, 1.54) is 37.3 Å². The molecule has 1 unspecified atom stereocenters. The van der Waals surface area contributed by atoms with Crippen molar-refractivity contribution in [2.24, 2.45) is 5.92 Å². The number of hydrogen-bond donors (Lipinski definition) is 0. The summed E-state index contributed by atoms with van der Waals surface area (Å²) >= 11 is 0. The number of halogens is 1. The first-order valence-electron chi connectivity index (χ1n) is 6.61. The van der Waals surface area contributed by atoms with Crippen LogP contribution in [0.1, 0.15) is 17.3 Å². The molecule has 116 valence electrons. The predicted octanol–water partition coefficient (Wildman–Crippen LogP) is 1.72. The van der Waals surface area contributed by atoms with Crippen LogP contribution in [0.25, 0.3) is 0 Å². The van der Waals surface area contributed by atoms with Crippen LogP contribution in [0.3, 0.4) is 0 Å². The van der Waals surface area contributed by atoms with Crippen LogP contribution in [0.2, 0.25) is 0 Å². The van der Waals surface area contributed by atoms with Crippen LogP contribution < -0.4 is 0 Å². The molecule has 0 radical (unpaired) electrons. The molecule has 1 rings (SSSR count). The van der Waals surface area contributed by atoms with E-state index in [0.717, 1.165) is 0 Å². The zero-order valence-corrected chi connectivity index (χ0v) is 12.5. The summed E-state index contributed by atoms with van der Waals surface area (Å²) in [6.07, 6.45) is 0. The van der Waals surface area contributed by atoms with E-state index in [4.69, 9.17) is 4.74 Å². The molecule has 0 fully saturated rings. The van der Waals surface area contributed by atoms with Crippen LogP contribution in [0.4, 0.5) is 4.39 Å². The third-order valence-corrected chi connectivity index (χ3v) is 3.05. The Morgan fingerprint density at radius 3 is 2.52 bits per heavy atom. The van der Waals surface area contributed by atoms with Gasteiger partial charge in [-0.15, -0.1) is 0 Å². The third-order valence-electron chi connectivity index (χ3n) is 3.05. The van der Waals surface area contributed by atoms with E-state index in [9.17, 15) is 14.0 Å². The summed E-state index contributed by atoms with van der Waals surface area (Å²) in [6.45, 7) is 2.36. The minimum absolute atomic E-state index is 0.0225. The smallest absolute Gasteiger partial charge is 0.310 e. The maximum absolute atomic E-state index is 13.7. The van der Waals surface area contributed by atoms with E-state index in [1.54, 1.807) is 13.0 Å². The molecule has 1 aromatic rings. The number of hydrogen-bond acceptors (Lipinski definition) is 4. The summed E-state index contributed by atoms with van der Waals surface area (Å²) in [5.74, 6) is -1.97. The van der Waals surface area contributed by atoms with Gasteiger partial charge in [-0.3, -0.25) is 9.59 Å². The third kappa shape index (κ3) is 4.82. The highest BCUT2D eigenvalue weighted by molar-refractivity contribution is 5.94. The van der Waals surface area contributed by atoms with Crippen LogP contribution in [-0.2, 0) is 14.3 Å². The first-order valence-corrected chi connectivity index (χ1v) is 6.61. The number of nitrogens with zero attached hydrogens (tertiary/aromatic N) is 1. The van der Waals surface area contributed by atoms with Crippen LogP contribution >= 0.6 is 0 Å². The Kier molecular flexibility index (Phi) is 6.81. The number of amides is 1. The van der Waals surface area contributed by atoms with Crippen LogP contribution in [0, 0.1) is 11.7 Å². The average Bonchev–Trinajstić information content (AvgIpc) is 2.50.